The SMILES string of the molecule is CC(C)(C)OC(=O)Nc1ccc(-c2cccs2)cc1NC(=O)c1ccc(CN2CC[C@H](N(c3cnccc3[N+](=O)[O-])S(=O)(=O)c3ccccc3)C2)cc1. The van der Waals surface area contributed by atoms with E-state index in [1.807, 2.05) is 35.7 Å². The molecular formula is C38H38N6O7S2. The number of nitrogens with zero attached hydrogens (tertiary/aromatic N) is 4. The molecule has 1 saturated heterocycles. The Labute approximate surface area is 311 Å². The van der Waals surface area contributed by atoms with Crippen LogP contribution in [-0.2, 0) is 21.3 Å². The number of amides is 2. The third-order valence-electron chi connectivity index (χ3n) is 8.42. The molecule has 1 atom stereocenters. The summed E-state index contributed by atoms with van der Waals surface area (Å²) in [5, 5.41) is 19.6. The Balaban J connectivity index is 1.17. The second kappa shape index (κ2) is 15.5. The van der Waals surface area contributed by atoms with E-state index in [1.54, 1.807) is 74.6 Å². The van der Waals surface area contributed by atoms with Crippen LogP contribution in [0.2, 0.25) is 0 Å². The minimum absolute atomic E-state index is 0.0245. The van der Waals surface area contributed by atoms with Gasteiger partial charge in [-0.1, -0.05) is 42.5 Å². The average molecular weight is 755 g/mol. The summed E-state index contributed by atoms with van der Waals surface area (Å²) in [6.07, 6.45) is 2.27. The third-order valence-corrected chi connectivity index (χ3v) is 11.2. The van der Waals surface area contributed by atoms with E-state index in [0.29, 0.717) is 43.0 Å². The number of nitrogens with one attached hydrogen (secondary N) is 2. The van der Waals surface area contributed by atoms with Crippen LogP contribution in [0.5, 0.6) is 0 Å². The molecule has 6 rings (SSSR count). The summed E-state index contributed by atoms with van der Waals surface area (Å²) in [5.41, 5.74) is 1.79. The zero-order chi connectivity index (χ0) is 37.8. The number of anilines is 3. The van der Waals surface area contributed by atoms with Gasteiger partial charge >= 0.3 is 6.09 Å². The number of sulfonamides is 1. The number of nitro groups is 1. The molecular weight excluding hydrogens is 717 g/mol. The Morgan fingerprint density at radius 1 is 1.00 bits per heavy atom. The highest BCUT2D eigenvalue weighted by Gasteiger charge is 2.39. The van der Waals surface area contributed by atoms with E-state index in [4.69, 9.17) is 4.74 Å². The Bertz CT molecular complexity index is 2210. The van der Waals surface area contributed by atoms with Gasteiger partial charge in [-0.05, 0) is 86.2 Å². The lowest BCUT2D eigenvalue weighted by molar-refractivity contribution is -0.384. The molecule has 2 N–H and O–H groups in total. The van der Waals surface area contributed by atoms with E-state index in [0.717, 1.165) is 20.3 Å². The van der Waals surface area contributed by atoms with Gasteiger partial charge in [-0.15, -0.1) is 11.3 Å². The number of rotatable bonds is 11. The van der Waals surface area contributed by atoms with E-state index in [-0.39, 0.29) is 22.2 Å². The minimum Gasteiger partial charge on any atom is -0.444 e. The number of benzene rings is 3. The van der Waals surface area contributed by atoms with Gasteiger partial charge in [-0.2, -0.15) is 0 Å². The standard InChI is InChI=1S/C38H38N6O7S2/c1-38(2,3)51-37(46)41-31-16-15-28(35-10-7-21-52-35)22-32(31)40-36(45)27-13-11-26(12-14-27)24-42-20-18-29(25-42)43(34-23-39-19-17-33(34)44(47)48)53(49,50)30-8-5-4-6-9-30/h4-17,19,21-23,29H,18,20,24-25H2,1-3H3,(H,40,45)(H,41,46)/t29-/m0/s1. The average Bonchev–Trinajstić information content (AvgIpc) is 3.82. The molecule has 15 heteroatoms. The van der Waals surface area contributed by atoms with E-state index in [9.17, 15) is 28.1 Å². The molecule has 3 aromatic carbocycles. The van der Waals surface area contributed by atoms with E-state index in [1.165, 1.54) is 30.6 Å². The molecule has 2 aromatic heterocycles. The van der Waals surface area contributed by atoms with Crippen molar-refractivity contribution in [1.29, 1.82) is 0 Å². The highest BCUT2D eigenvalue weighted by molar-refractivity contribution is 7.92. The van der Waals surface area contributed by atoms with Gasteiger partial charge in [-0.3, -0.25) is 34.4 Å². The van der Waals surface area contributed by atoms with Gasteiger partial charge in [0.15, 0.2) is 0 Å². The Kier molecular flexibility index (Phi) is 10.9. The van der Waals surface area contributed by atoms with Crippen LogP contribution < -0.4 is 14.9 Å². The van der Waals surface area contributed by atoms with Crippen molar-refractivity contribution < 1.29 is 27.7 Å². The fourth-order valence-corrected chi connectivity index (χ4v) is 8.48. The van der Waals surface area contributed by atoms with E-state index >= 15 is 0 Å². The van der Waals surface area contributed by atoms with Gasteiger partial charge in [0.1, 0.15) is 11.3 Å². The van der Waals surface area contributed by atoms with Gasteiger partial charge in [0.2, 0.25) is 0 Å². The summed E-state index contributed by atoms with van der Waals surface area (Å²) in [6.45, 7) is 6.61. The molecule has 5 aromatic rings. The molecule has 0 unspecified atom stereocenters. The van der Waals surface area contributed by atoms with Crippen LogP contribution >= 0.6 is 11.3 Å². The molecule has 0 aliphatic carbocycles. The van der Waals surface area contributed by atoms with Crippen molar-refractivity contribution in [1.82, 2.24) is 9.88 Å². The van der Waals surface area contributed by atoms with Crippen molar-refractivity contribution in [2.75, 3.05) is 28.0 Å². The van der Waals surface area contributed by atoms with Crippen LogP contribution in [0.15, 0.2) is 114 Å². The van der Waals surface area contributed by atoms with Crippen LogP contribution in [0, 0.1) is 10.1 Å². The zero-order valence-electron chi connectivity index (χ0n) is 29.3. The smallest absolute Gasteiger partial charge is 0.412 e. The number of likely N-dealkylation sites (tertiary alicyclic amines) is 1. The number of thiophene rings is 1. The van der Waals surface area contributed by atoms with Gasteiger partial charge in [0.25, 0.3) is 21.6 Å². The predicted octanol–water partition coefficient (Wildman–Crippen LogP) is 7.79. The highest BCUT2D eigenvalue weighted by atomic mass is 32.2. The van der Waals surface area contributed by atoms with Crippen molar-refractivity contribution >= 4 is 56.1 Å². The first-order chi connectivity index (χ1) is 25.3. The topological polar surface area (TPSA) is 164 Å². The van der Waals surface area contributed by atoms with Crippen LogP contribution in [0.4, 0.5) is 27.5 Å². The molecule has 0 radical (unpaired) electrons. The monoisotopic (exact) mass is 754 g/mol. The van der Waals surface area contributed by atoms with Gasteiger partial charge < -0.3 is 10.1 Å². The van der Waals surface area contributed by atoms with Crippen molar-refractivity contribution in [3.8, 4) is 10.4 Å². The van der Waals surface area contributed by atoms with Crippen molar-refractivity contribution in [2.24, 2.45) is 0 Å². The number of aromatic nitrogens is 1. The van der Waals surface area contributed by atoms with Crippen molar-refractivity contribution in [3.63, 3.8) is 0 Å². The molecule has 1 aliphatic heterocycles. The molecule has 13 nitrogen and oxygen atoms in total. The second-order valence-electron chi connectivity index (χ2n) is 13.4. The fourth-order valence-electron chi connectivity index (χ4n) is 6.06. The number of pyridine rings is 1. The Morgan fingerprint density at radius 2 is 1.75 bits per heavy atom. The first-order valence-electron chi connectivity index (χ1n) is 16.8. The maximum atomic E-state index is 14.0. The normalized spacial score (nSPS) is 14.7. The maximum absolute atomic E-state index is 14.0. The van der Waals surface area contributed by atoms with E-state index in [2.05, 4.69) is 20.5 Å². The van der Waals surface area contributed by atoms with Gasteiger partial charge in [0, 0.05) is 42.3 Å². The zero-order valence-corrected chi connectivity index (χ0v) is 30.9. The Morgan fingerprint density at radius 3 is 2.43 bits per heavy atom. The number of hydrogen-bond acceptors (Lipinski definition) is 10. The molecule has 1 aliphatic rings. The van der Waals surface area contributed by atoms with Crippen LogP contribution in [0.3, 0.4) is 0 Å². The predicted molar refractivity (Wildman–Crippen MR) is 205 cm³/mol. The number of ether oxygens (including phenoxy) is 1. The summed E-state index contributed by atoms with van der Waals surface area (Å²) >= 11 is 1.55. The molecule has 1 fully saturated rings. The van der Waals surface area contributed by atoms with Gasteiger partial charge in [-0.25, -0.2) is 13.2 Å². The fraction of sp³-hybridized carbons (Fsp3) is 0.237. The summed E-state index contributed by atoms with van der Waals surface area (Å²) in [4.78, 5) is 44.6. The quantitative estimate of drug-likeness (QED) is 0.101. The number of carbonyl (C=O) groups is 2. The second-order valence-corrected chi connectivity index (χ2v) is 16.2. The van der Waals surface area contributed by atoms with E-state index < -0.39 is 32.7 Å². The van der Waals surface area contributed by atoms with Crippen LogP contribution in [-0.4, -0.2) is 60.0 Å². The minimum atomic E-state index is -4.18. The lowest BCUT2D eigenvalue weighted by Gasteiger charge is -2.30. The maximum Gasteiger partial charge on any atom is 0.412 e. The first-order valence-corrected chi connectivity index (χ1v) is 19.1. The summed E-state index contributed by atoms with van der Waals surface area (Å²) in [7, 11) is -4.18. The summed E-state index contributed by atoms with van der Waals surface area (Å²) in [5.74, 6) is -0.381. The summed E-state index contributed by atoms with van der Waals surface area (Å²) in [6, 6.07) is 24.8. The number of hydrogen-bond donors (Lipinski definition) is 2. The first kappa shape index (κ1) is 37.1. The van der Waals surface area contributed by atoms with Crippen LogP contribution in [0.25, 0.3) is 10.4 Å². The molecule has 53 heavy (non-hydrogen) atoms. The molecule has 0 saturated carbocycles. The third kappa shape index (κ3) is 8.88. The van der Waals surface area contributed by atoms with Gasteiger partial charge in [0.05, 0.1) is 33.4 Å². The Hall–Kier alpha value is -5.64. The summed E-state index contributed by atoms with van der Waals surface area (Å²) < 4.78 is 34.5. The molecule has 274 valence electrons. The molecule has 0 bridgehead atoms. The largest absolute Gasteiger partial charge is 0.444 e. The number of carbonyl (C=O) groups excluding carboxylic acids is 2. The molecule has 2 amide bonds. The molecule has 0 spiro atoms. The van der Waals surface area contributed by atoms with Crippen molar-refractivity contribution in [3.05, 3.63) is 130 Å². The molecule has 3 heterocycles. The lowest BCUT2D eigenvalue weighted by atomic mass is 10.1. The van der Waals surface area contributed by atoms with Crippen LogP contribution in [0.1, 0.15) is 43.1 Å². The highest BCUT2D eigenvalue weighted by Crippen LogP contribution is 2.36. The lowest BCUT2D eigenvalue weighted by Crippen LogP contribution is -2.42. The van der Waals surface area contributed by atoms with Crippen molar-refractivity contribution in [2.45, 2.75) is 50.3 Å².